The van der Waals surface area contributed by atoms with Gasteiger partial charge in [-0.2, -0.15) is 0 Å². The molecule has 0 bridgehead atoms. The largest absolute Gasteiger partial charge is 0.378 e. The molecule has 0 spiro atoms. The number of amides is 1. The van der Waals surface area contributed by atoms with Crippen LogP contribution in [0, 0.1) is 5.82 Å². The molecule has 28 heavy (non-hydrogen) atoms. The Labute approximate surface area is 168 Å². The first kappa shape index (κ1) is 19.3. The number of carbonyl (C=O) groups is 1. The first-order chi connectivity index (χ1) is 13.6. The second-order valence-electron chi connectivity index (χ2n) is 7.20. The van der Waals surface area contributed by atoms with Gasteiger partial charge in [0.15, 0.2) is 5.69 Å². The second-order valence-corrected chi connectivity index (χ2v) is 7.60. The van der Waals surface area contributed by atoms with Gasteiger partial charge in [0.1, 0.15) is 5.82 Å². The van der Waals surface area contributed by atoms with Crippen molar-refractivity contribution in [2.24, 2.45) is 0 Å². The summed E-state index contributed by atoms with van der Waals surface area (Å²) in [6.07, 6.45) is 3.47. The summed E-state index contributed by atoms with van der Waals surface area (Å²) in [4.78, 5) is 16.5. The Morgan fingerprint density at radius 2 is 1.96 bits per heavy atom. The molecular formula is C19H23ClFN5O2. The summed E-state index contributed by atoms with van der Waals surface area (Å²) < 4.78 is 21.1. The van der Waals surface area contributed by atoms with Crippen molar-refractivity contribution in [3.05, 3.63) is 46.5 Å². The Balaban J connectivity index is 1.34. The number of rotatable bonds is 4. The molecular weight excluding hydrogens is 385 g/mol. The summed E-state index contributed by atoms with van der Waals surface area (Å²) in [5, 5.41) is 8.72. The van der Waals surface area contributed by atoms with Crippen LogP contribution in [0.25, 0.3) is 0 Å². The van der Waals surface area contributed by atoms with E-state index in [9.17, 15) is 9.18 Å². The van der Waals surface area contributed by atoms with Crippen molar-refractivity contribution in [3.8, 4) is 0 Å². The van der Waals surface area contributed by atoms with Crippen molar-refractivity contribution in [3.63, 3.8) is 0 Å². The van der Waals surface area contributed by atoms with Crippen molar-refractivity contribution in [1.82, 2.24) is 24.8 Å². The minimum absolute atomic E-state index is 0.0961. The van der Waals surface area contributed by atoms with E-state index in [1.54, 1.807) is 27.9 Å². The van der Waals surface area contributed by atoms with E-state index in [1.807, 2.05) is 0 Å². The standard InChI is InChI=1S/C19H23ClFN5O2/c20-16-2-1-3-17(21)15(16)12-24-6-4-14(5-7-24)26-13-18(22-23-26)19(27)25-8-10-28-11-9-25/h1-3,13-14H,4-12H2. The average molecular weight is 408 g/mol. The van der Waals surface area contributed by atoms with Crippen LogP contribution in [0.4, 0.5) is 4.39 Å². The zero-order valence-corrected chi connectivity index (χ0v) is 16.3. The van der Waals surface area contributed by atoms with Gasteiger partial charge in [-0.3, -0.25) is 9.69 Å². The third-order valence-electron chi connectivity index (χ3n) is 5.40. The Kier molecular flexibility index (Phi) is 5.89. The van der Waals surface area contributed by atoms with Crippen LogP contribution in [-0.4, -0.2) is 70.1 Å². The summed E-state index contributed by atoms with van der Waals surface area (Å²) in [5.41, 5.74) is 0.921. The number of likely N-dealkylation sites (tertiary alicyclic amines) is 1. The number of hydrogen-bond donors (Lipinski definition) is 0. The highest BCUT2D eigenvalue weighted by atomic mass is 35.5. The molecule has 0 radical (unpaired) electrons. The van der Waals surface area contributed by atoms with Gasteiger partial charge >= 0.3 is 0 Å². The van der Waals surface area contributed by atoms with Crippen LogP contribution >= 0.6 is 11.6 Å². The average Bonchev–Trinajstić information content (AvgIpc) is 3.22. The van der Waals surface area contributed by atoms with Crippen LogP contribution in [0.3, 0.4) is 0 Å². The van der Waals surface area contributed by atoms with Gasteiger partial charge in [-0.25, -0.2) is 9.07 Å². The molecule has 1 aromatic carbocycles. The van der Waals surface area contributed by atoms with E-state index in [0.717, 1.165) is 25.9 Å². The minimum Gasteiger partial charge on any atom is -0.378 e. The topological polar surface area (TPSA) is 63.5 Å². The molecule has 0 N–H and O–H groups in total. The fraction of sp³-hybridized carbons (Fsp3) is 0.526. The monoisotopic (exact) mass is 407 g/mol. The summed E-state index contributed by atoms with van der Waals surface area (Å²) >= 11 is 6.14. The molecule has 2 aliphatic rings. The highest BCUT2D eigenvalue weighted by Crippen LogP contribution is 2.26. The fourth-order valence-corrected chi connectivity index (χ4v) is 3.95. The van der Waals surface area contributed by atoms with Gasteiger partial charge < -0.3 is 9.64 Å². The van der Waals surface area contributed by atoms with Gasteiger partial charge in [0.05, 0.1) is 25.5 Å². The molecule has 0 aliphatic carbocycles. The van der Waals surface area contributed by atoms with Crippen molar-refractivity contribution in [2.45, 2.75) is 25.4 Å². The SMILES string of the molecule is O=C(c1cn(C2CCN(Cc3c(F)cccc3Cl)CC2)nn1)N1CCOCC1. The lowest BCUT2D eigenvalue weighted by molar-refractivity contribution is 0.0299. The lowest BCUT2D eigenvalue weighted by atomic mass is 10.0. The molecule has 2 aliphatic heterocycles. The highest BCUT2D eigenvalue weighted by molar-refractivity contribution is 6.31. The summed E-state index contributed by atoms with van der Waals surface area (Å²) in [5.74, 6) is -0.363. The van der Waals surface area contributed by atoms with Crippen LogP contribution in [0.1, 0.15) is 34.9 Å². The number of hydrogen-bond acceptors (Lipinski definition) is 5. The number of aromatic nitrogens is 3. The number of nitrogens with zero attached hydrogens (tertiary/aromatic N) is 5. The highest BCUT2D eigenvalue weighted by Gasteiger charge is 2.26. The number of ether oxygens (including phenoxy) is 1. The van der Waals surface area contributed by atoms with Gasteiger partial charge in [0, 0.05) is 43.3 Å². The molecule has 2 aromatic rings. The lowest BCUT2D eigenvalue weighted by Crippen LogP contribution is -2.40. The van der Waals surface area contributed by atoms with Crippen LogP contribution < -0.4 is 0 Å². The maximum atomic E-state index is 14.0. The van der Waals surface area contributed by atoms with Crippen molar-refractivity contribution >= 4 is 17.5 Å². The number of morpholine rings is 1. The number of piperidine rings is 1. The van der Waals surface area contributed by atoms with Crippen molar-refractivity contribution < 1.29 is 13.9 Å². The van der Waals surface area contributed by atoms with Crippen molar-refractivity contribution in [2.75, 3.05) is 39.4 Å². The van der Waals surface area contributed by atoms with Crippen molar-refractivity contribution in [1.29, 1.82) is 0 Å². The summed E-state index contributed by atoms with van der Waals surface area (Å²) in [7, 11) is 0. The van der Waals surface area contributed by atoms with Gasteiger partial charge in [0.2, 0.25) is 0 Å². The molecule has 7 nitrogen and oxygen atoms in total. The van der Waals surface area contributed by atoms with Crippen LogP contribution in [0.5, 0.6) is 0 Å². The molecule has 4 rings (SSSR count). The Hall–Kier alpha value is -2.03. The third kappa shape index (κ3) is 4.19. The molecule has 3 heterocycles. The second kappa shape index (κ2) is 8.55. The van der Waals surface area contributed by atoms with E-state index in [0.29, 0.717) is 49.1 Å². The van der Waals surface area contributed by atoms with Crippen LogP contribution in [-0.2, 0) is 11.3 Å². The number of carbonyl (C=O) groups excluding carboxylic acids is 1. The maximum Gasteiger partial charge on any atom is 0.276 e. The molecule has 9 heteroatoms. The molecule has 1 amide bonds. The molecule has 2 saturated heterocycles. The first-order valence-corrected chi connectivity index (χ1v) is 9.93. The number of halogens is 2. The maximum absolute atomic E-state index is 14.0. The van der Waals surface area contributed by atoms with E-state index in [2.05, 4.69) is 15.2 Å². The van der Waals surface area contributed by atoms with Gasteiger partial charge in [-0.05, 0) is 25.0 Å². The molecule has 1 aromatic heterocycles. The zero-order chi connectivity index (χ0) is 19.5. The van der Waals surface area contributed by atoms with Crippen LogP contribution in [0.15, 0.2) is 24.4 Å². The number of benzene rings is 1. The Morgan fingerprint density at radius 3 is 2.68 bits per heavy atom. The molecule has 150 valence electrons. The Morgan fingerprint density at radius 1 is 1.21 bits per heavy atom. The van der Waals surface area contributed by atoms with E-state index < -0.39 is 0 Å². The predicted octanol–water partition coefficient (Wildman–Crippen LogP) is 2.38. The van der Waals surface area contributed by atoms with E-state index in [-0.39, 0.29) is 17.8 Å². The molecule has 2 fully saturated rings. The quantitative estimate of drug-likeness (QED) is 0.778. The van der Waals surface area contributed by atoms with E-state index >= 15 is 0 Å². The predicted molar refractivity (Wildman–Crippen MR) is 102 cm³/mol. The fourth-order valence-electron chi connectivity index (χ4n) is 3.73. The van der Waals surface area contributed by atoms with E-state index in [1.165, 1.54) is 6.07 Å². The normalized spacial score (nSPS) is 19.1. The first-order valence-electron chi connectivity index (χ1n) is 9.56. The molecule has 0 saturated carbocycles. The van der Waals surface area contributed by atoms with Crippen LogP contribution in [0.2, 0.25) is 5.02 Å². The summed E-state index contributed by atoms with van der Waals surface area (Å²) in [6, 6.07) is 4.96. The molecule has 0 unspecified atom stereocenters. The van der Waals surface area contributed by atoms with Gasteiger partial charge in [-0.15, -0.1) is 5.10 Å². The smallest absolute Gasteiger partial charge is 0.276 e. The Bertz CT molecular complexity index is 811. The molecule has 0 atom stereocenters. The van der Waals surface area contributed by atoms with Gasteiger partial charge in [0.25, 0.3) is 5.91 Å². The minimum atomic E-state index is -0.267. The summed E-state index contributed by atoms with van der Waals surface area (Å²) in [6.45, 7) is 4.40. The lowest BCUT2D eigenvalue weighted by Gasteiger charge is -2.32. The third-order valence-corrected chi connectivity index (χ3v) is 5.76. The zero-order valence-electron chi connectivity index (χ0n) is 15.6. The van der Waals surface area contributed by atoms with Gasteiger partial charge in [-0.1, -0.05) is 22.9 Å². The van der Waals surface area contributed by atoms with E-state index in [4.69, 9.17) is 16.3 Å².